The van der Waals surface area contributed by atoms with Crippen LogP contribution in [0.15, 0.2) is 12.1 Å². The molecule has 0 aliphatic heterocycles. The lowest BCUT2D eigenvalue weighted by atomic mass is 10.3. The van der Waals surface area contributed by atoms with E-state index in [0.29, 0.717) is 5.06 Å². The number of carbonyl (C=O) groups is 1. The number of aromatic hydroxyl groups is 1. The predicted molar refractivity (Wildman–Crippen MR) is 51.4 cm³/mol. The highest BCUT2D eigenvalue weighted by atomic mass is 32.2. The van der Waals surface area contributed by atoms with Crippen LogP contribution in [0.3, 0.4) is 0 Å². The molecule has 0 spiro atoms. The molecule has 12 heavy (non-hydrogen) atoms. The largest absolute Gasteiger partial charge is 0.499 e. The van der Waals surface area contributed by atoms with Crippen molar-refractivity contribution >= 4 is 37.9 Å². The number of hydrogen-bond acceptors (Lipinski definition) is 4. The molecule has 2 rings (SSSR count). The molecule has 0 aromatic carbocycles. The summed E-state index contributed by atoms with van der Waals surface area (Å²) in [4.78, 5) is 11.7. The summed E-state index contributed by atoms with van der Waals surface area (Å²) < 4.78 is 1.01. The van der Waals surface area contributed by atoms with Crippen LogP contribution < -0.4 is 0 Å². The van der Waals surface area contributed by atoms with Crippen molar-refractivity contribution in [2.24, 2.45) is 0 Å². The average molecular weight is 198 g/mol. The first-order valence-corrected chi connectivity index (χ1v) is 5.03. The maximum absolute atomic E-state index is 11.0. The monoisotopic (exact) mass is 198 g/mol. The molecular formula is C8H6O2S2. The number of Topliss-reactive ketones (excluding diaryl/α,β-unsaturated/α-hetero) is 1. The minimum Gasteiger partial charge on any atom is -0.499 e. The topological polar surface area (TPSA) is 37.3 Å². The second-order valence-electron chi connectivity index (χ2n) is 2.49. The average Bonchev–Trinajstić information content (AvgIpc) is 2.42. The van der Waals surface area contributed by atoms with Gasteiger partial charge in [0.25, 0.3) is 0 Å². The van der Waals surface area contributed by atoms with Gasteiger partial charge in [-0.3, -0.25) is 4.79 Å². The Morgan fingerprint density at radius 2 is 2.17 bits per heavy atom. The second-order valence-corrected chi connectivity index (χ2v) is 4.84. The fraction of sp³-hybridized carbons (Fsp3) is 0.125. The lowest BCUT2D eigenvalue weighted by Crippen LogP contribution is -1.83. The molecule has 0 aliphatic carbocycles. The summed E-state index contributed by atoms with van der Waals surface area (Å²) in [6.07, 6.45) is 0. The fourth-order valence-corrected chi connectivity index (χ4v) is 3.07. The van der Waals surface area contributed by atoms with Crippen molar-refractivity contribution in [2.75, 3.05) is 0 Å². The molecule has 0 amide bonds. The summed E-state index contributed by atoms with van der Waals surface area (Å²) in [5.74, 6) is 0.0860. The highest BCUT2D eigenvalue weighted by molar-refractivity contribution is 7.39. The summed E-state index contributed by atoms with van der Waals surface area (Å²) in [7, 11) is 0. The Bertz CT molecular complexity index is 407. The summed E-state index contributed by atoms with van der Waals surface area (Å²) in [6.45, 7) is 1.55. The summed E-state index contributed by atoms with van der Waals surface area (Å²) in [5, 5.41) is 10.4. The van der Waals surface area contributed by atoms with Gasteiger partial charge in [-0.15, -0.1) is 11.3 Å². The molecule has 62 valence electrons. The molecule has 2 aromatic heterocycles. The molecule has 2 heterocycles. The van der Waals surface area contributed by atoms with E-state index in [0.717, 1.165) is 14.3 Å². The van der Waals surface area contributed by atoms with Crippen molar-refractivity contribution in [1.82, 2.24) is 0 Å². The van der Waals surface area contributed by atoms with E-state index in [-0.39, 0.29) is 5.78 Å². The normalized spacial score (nSPS) is 10.8. The van der Waals surface area contributed by atoms with Crippen LogP contribution in [0.25, 0.3) is 9.40 Å². The van der Waals surface area contributed by atoms with Crippen molar-refractivity contribution < 1.29 is 9.90 Å². The number of thiophene rings is 2. The Morgan fingerprint density at radius 1 is 1.42 bits per heavy atom. The number of fused-ring (bicyclic) bond motifs is 1. The van der Waals surface area contributed by atoms with Gasteiger partial charge in [0.15, 0.2) is 10.8 Å². The Morgan fingerprint density at radius 3 is 2.75 bits per heavy atom. The molecule has 4 heteroatoms. The van der Waals surface area contributed by atoms with E-state index in [9.17, 15) is 4.79 Å². The zero-order chi connectivity index (χ0) is 8.72. The van der Waals surface area contributed by atoms with Crippen LogP contribution in [-0.2, 0) is 0 Å². The van der Waals surface area contributed by atoms with Crippen LogP contribution >= 0.6 is 22.7 Å². The van der Waals surface area contributed by atoms with Gasteiger partial charge in [0, 0.05) is 11.5 Å². The van der Waals surface area contributed by atoms with Gasteiger partial charge in [-0.25, -0.2) is 0 Å². The van der Waals surface area contributed by atoms with E-state index >= 15 is 0 Å². The molecule has 0 aliphatic rings. The molecular weight excluding hydrogens is 192 g/mol. The lowest BCUT2D eigenvalue weighted by Gasteiger charge is -1.82. The van der Waals surface area contributed by atoms with Gasteiger partial charge in [0.1, 0.15) is 0 Å². The van der Waals surface area contributed by atoms with Gasteiger partial charge in [-0.1, -0.05) is 11.3 Å². The molecule has 0 bridgehead atoms. The molecule has 2 nitrogen and oxygen atoms in total. The molecule has 0 radical (unpaired) electrons. The first-order chi connectivity index (χ1) is 5.66. The number of rotatable bonds is 1. The van der Waals surface area contributed by atoms with Crippen molar-refractivity contribution in [3.05, 3.63) is 17.0 Å². The zero-order valence-electron chi connectivity index (χ0n) is 6.33. The Hall–Kier alpha value is -0.870. The molecule has 1 N–H and O–H groups in total. The van der Waals surface area contributed by atoms with E-state index < -0.39 is 0 Å². The van der Waals surface area contributed by atoms with Crippen molar-refractivity contribution in [1.29, 1.82) is 0 Å². The van der Waals surface area contributed by atoms with Crippen molar-refractivity contribution in [2.45, 2.75) is 6.92 Å². The highest BCUT2D eigenvalue weighted by Gasteiger charge is 2.08. The minimum absolute atomic E-state index is 0.0860. The Labute approximate surface area is 77.1 Å². The first kappa shape index (κ1) is 7.76. The third-order valence-electron chi connectivity index (χ3n) is 1.55. The first-order valence-electron chi connectivity index (χ1n) is 3.40. The van der Waals surface area contributed by atoms with Gasteiger partial charge in [-0.05, 0) is 13.0 Å². The maximum Gasteiger partial charge on any atom is 0.173 e. The van der Waals surface area contributed by atoms with E-state index in [2.05, 4.69) is 0 Å². The zero-order valence-corrected chi connectivity index (χ0v) is 7.96. The second kappa shape index (κ2) is 2.57. The van der Waals surface area contributed by atoms with Crippen LogP contribution in [-0.4, -0.2) is 10.9 Å². The molecule has 0 saturated heterocycles. The van der Waals surface area contributed by atoms with Crippen molar-refractivity contribution in [3.8, 4) is 5.06 Å². The van der Waals surface area contributed by atoms with Crippen LogP contribution in [0.1, 0.15) is 16.6 Å². The van der Waals surface area contributed by atoms with Crippen LogP contribution in [0.5, 0.6) is 5.06 Å². The predicted octanol–water partition coefficient (Wildman–Crippen LogP) is 2.87. The summed E-state index contributed by atoms with van der Waals surface area (Å²) in [5.41, 5.74) is 0. The summed E-state index contributed by atoms with van der Waals surface area (Å²) in [6, 6.07) is 3.50. The number of hydrogen-bond donors (Lipinski definition) is 1. The van der Waals surface area contributed by atoms with Gasteiger partial charge in [-0.2, -0.15) is 0 Å². The highest BCUT2D eigenvalue weighted by Crippen LogP contribution is 2.36. The van der Waals surface area contributed by atoms with Crippen LogP contribution in [0.4, 0.5) is 0 Å². The van der Waals surface area contributed by atoms with Crippen LogP contribution in [0, 0.1) is 0 Å². The third kappa shape index (κ3) is 1.13. The minimum atomic E-state index is 0.0860. The number of ketones is 1. The number of carbonyl (C=O) groups excluding carboxylic acids is 1. The van der Waals surface area contributed by atoms with Gasteiger partial charge >= 0.3 is 0 Å². The molecule has 0 fully saturated rings. The maximum atomic E-state index is 11.0. The van der Waals surface area contributed by atoms with Crippen molar-refractivity contribution in [3.63, 3.8) is 0 Å². The molecule has 2 aromatic rings. The van der Waals surface area contributed by atoms with E-state index in [4.69, 9.17) is 5.11 Å². The van der Waals surface area contributed by atoms with Gasteiger partial charge < -0.3 is 5.11 Å². The van der Waals surface area contributed by atoms with Gasteiger partial charge in [0.05, 0.1) is 8.89 Å². The molecule has 0 atom stereocenters. The summed E-state index contributed by atoms with van der Waals surface area (Å²) >= 11 is 2.75. The van der Waals surface area contributed by atoms with E-state index in [1.54, 1.807) is 13.0 Å². The van der Waals surface area contributed by atoms with Crippen LogP contribution in [0.2, 0.25) is 0 Å². The van der Waals surface area contributed by atoms with E-state index in [1.165, 1.54) is 22.7 Å². The fourth-order valence-electron chi connectivity index (χ4n) is 1.000. The quantitative estimate of drug-likeness (QED) is 0.715. The SMILES string of the molecule is CC(=O)c1cc2cc(O)sc2s1. The van der Waals surface area contributed by atoms with Gasteiger partial charge in [0.2, 0.25) is 0 Å². The smallest absolute Gasteiger partial charge is 0.173 e. The Balaban J connectivity index is 2.64. The molecule has 0 saturated carbocycles. The van der Waals surface area contributed by atoms with E-state index in [1.807, 2.05) is 6.07 Å². The third-order valence-corrected chi connectivity index (χ3v) is 3.84. The lowest BCUT2D eigenvalue weighted by molar-refractivity contribution is 0.102. The standard InChI is InChI=1S/C8H6O2S2/c1-4(9)6-2-5-3-7(10)12-8(5)11-6/h2-3,10H,1H3. The Kier molecular flexibility index (Phi) is 1.66. The molecule has 0 unspecified atom stereocenters.